The predicted molar refractivity (Wildman–Crippen MR) is 44.9 cm³/mol. The third kappa shape index (κ3) is 2.93. The second kappa shape index (κ2) is 4.60. The van der Waals surface area contributed by atoms with E-state index in [4.69, 9.17) is 0 Å². The van der Waals surface area contributed by atoms with Crippen LogP contribution in [-0.2, 0) is 18.4 Å². The summed E-state index contributed by atoms with van der Waals surface area (Å²) in [5.74, 6) is -0.887. The molecule has 0 saturated carbocycles. The molecule has 1 N–H and O–H groups in total. The molecule has 0 aromatic heterocycles. The Morgan fingerprint density at radius 2 is 1.83 bits per heavy atom. The molecule has 0 aromatic carbocycles. The number of amides is 1. The van der Waals surface area contributed by atoms with Gasteiger partial charge in [0.15, 0.2) is 0 Å². The van der Waals surface area contributed by atoms with E-state index in [1.54, 1.807) is 6.92 Å². The summed E-state index contributed by atoms with van der Waals surface area (Å²) < 4.78 is 20.9. The lowest BCUT2D eigenvalue weighted by molar-refractivity contribution is -0.119. The van der Waals surface area contributed by atoms with Gasteiger partial charge >= 0.3 is 7.60 Å². The quantitative estimate of drug-likeness (QED) is 0.678. The molecule has 0 rings (SSSR count). The Balaban J connectivity index is 4.32. The summed E-state index contributed by atoms with van der Waals surface area (Å²) in [7, 11) is -0.597. The molecule has 72 valence electrons. The summed E-state index contributed by atoms with van der Waals surface area (Å²) in [6.45, 7) is 2.90. The van der Waals surface area contributed by atoms with Crippen LogP contribution in [0.1, 0.15) is 13.8 Å². The van der Waals surface area contributed by atoms with Gasteiger partial charge in [-0.1, -0.05) is 0 Å². The van der Waals surface area contributed by atoms with Crippen LogP contribution in [0, 0.1) is 0 Å². The zero-order chi connectivity index (χ0) is 9.78. The maximum absolute atomic E-state index is 11.5. The van der Waals surface area contributed by atoms with Gasteiger partial charge in [-0.3, -0.25) is 9.36 Å². The molecule has 1 atom stereocenters. The number of hydrogen-bond donors (Lipinski definition) is 1. The average molecular weight is 195 g/mol. The van der Waals surface area contributed by atoms with Crippen molar-refractivity contribution >= 4 is 13.5 Å². The molecule has 0 aromatic rings. The summed E-state index contributed by atoms with van der Waals surface area (Å²) in [5, 5.41) is 2.43. The number of hydrogen-bond acceptors (Lipinski definition) is 4. The van der Waals surface area contributed by atoms with Crippen molar-refractivity contribution < 1.29 is 18.4 Å². The number of carbonyl (C=O) groups is 1. The van der Waals surface area contributed by atoms with Crippen molar-refractivity contribution in [1.82, 2.24) is 5.32 Å². The van der Waals surface area contributed by atoms with Crippen LogP contribution in [0.3, 0.4) is 0 Å². The first-order chi connectivity index (χ1) is 5.46. The average Bonchev–Trinajstić information content (AvgIpc) is 2.02. The van der Waals surface area contributed by atoms with Gasteiger partial charge in [0.1, 0.15) is 5.78 Å². The van der Waals surface area contributed by atoms with Gasteiger partial charge < -0.3 is 14.4 Å². The summed E-state index contributed by atoms with van der Waals surface area (Å²) >= 11 is 0. The standard InChI is InChI=1S/C6H14NO4P/c1-5(8)7-6(2)12(9,10-3)11-4/h6H,1-4H3,(H,7,8)/t6-/m1/s1. The Morgan fingerprint density at radius 1 is 1.42 bits per heavy atom. The molecule has 0 unspecified atom stereocenters. The Labute approximate surface area is 72.0 Å². The Morgan fingerprint density at radius 3 is 2.08 bits per heavy atom. The van der Waals surface area contributed by atoms with Gasteiger partial charge in [0, 0.05) is 21.1 Å². The molecule has 1 amide bonds. The van der Waals surface area contributed by atoms with E-state index in [1.807, 2.05) is 0 Å². The molecular formula is C6H14NO4P. The van der Waals surface area contributed by atoms with Gasteiger partial charge in [-0.15, -0.1) is 0 Å². The minimum Gasteiger partial charge on any atom is -0.342 e. The van der Waals surface area contributed by atoms with Crippen LogP contribution >= 0.6 is 7.60 Å². The van der Waals surface area contributed by atoms with Crippen LogP contribution in [0.2, 0.25) is 0 Å². The number of nitrogens with one attached hydrogen (secondary N) is 1. The number of carbonyl (C=O) groups excluding carboxylic acids is 1. The highest BCUT2D eigenvalue weighted by atomic mass is 31.2. The van der Waals surface area contributed by atoms with Crippen molar-refractivity contribution in [1.29, 1.82) is 0 Å². The van der Waals surface area contributed by atoms with Crippen molar-refractivity contribution in [2.75, 3.05) is 14.2 Å². The molecule has 0 aliphatic rings. The summed E-state index contributed by atoms with van der Waals surface area (Å²) in [6.07, 6.45) is 0. The molecule has 0 radical (unpaired) electrons. The van der Waals surface area contributed by atoms with Crippen LogP contribution in [-0.4, -0.2) is 25.9 Å². The molecular weight excluding hydrogens is 181 g/mol. The highest BCUT2D eigenvalue weighted by molar-refractivity contribution is 7.54. The van der Waals surface area contributed by atoms with Crippen LogP contribution in [0.4, 0.5) is 0 Å². The summed E-state index contributed by atoms with van der Waals surface area (Å²) in [5.41, 5.74) is 0. The molecule has 0 spiro atoms. The van der Waals surface area contributed by atoms with Gasteiger partial charge in [0.2, 0.25) is 5.91 Å². The van der Waals surface area contributed by atoms with Crippen molar-refractivity contribution in [3.8, 4) is 0 Å². The minimum atomic E-state index is -3.16. The Bertz CT molecular complexity index is 198. The normalized spacial score (nSPS) is 14.0. The summed E-state index contributed by atoms with van der Waals surface area (Å²) in [4.78, 5) is 10.6. The van der Waals surface area contributed by atoms with E-state index in [2.05, 4.69) is 14.4 Å². The zero-order valence-electron chi connectivity index (χ0n) is 7.66. The first kappa shape index (κ1) is 11.6. The molecule has 0 aliphatic heterocycles. The first-order valence-electron chi connectivity index (χ1n) is 3.44. The molecule has 0 heterocycles. The van der Waals surface area contributed by atoms with E-state index in [0.29, 0.717) is 0 Å². The fourth-order valence-electron chi connectivity index (χ4n) is 0.764. The minimum absolute atomic E-state index is 0.267. The van der Waals surface area contributed by atoms with Crippen molar-refractivity contribution in [3.63, 3.8) is 0 Å². The maximum Gasteiger partial charge on any atom is 0.351 e. The lowest BCUT2D eigenvalue weighted by atomic mass is 10.6. The smallest absolute Gasteiger partial charge is 0.342 e. The fourth-order valence-corrected chi connectivity index (χ4v) is 1.89. The van der Waals surface area contributed by atoms with Gasteiger partial charge in [-0.05, 0) is 6.92 Å². The second-order valence-electron chi connectivity index (χ2n) is 2.28. The topological polar surface area (TPSA) is 64.6 Å². The molecule has 6 heteroatoms. The Kier molecular flexibility index (Phi) is 4.45. The van der Waals surface area contributed by atoms with Crippen LogP contribution in [0.15, 0.2) is 0 Å². The molecule has 0 bridgehead atoms. The second-order valence-corrected chi connectivity index (χ2v) is 4.87. The SMILES string of the molecule is COP(=O)(OC)[C@H](C)NC(C)=O. The highest BCUT2D eigenvalue weighted by Gasteiger charge is 2.30. The number of rotatable bonds is 4. The van der Waals surface area contributed by atoms with E-state index < -0.39 is 13.4 Å². The van der Waals surface area contributed by atoms with E-state index in [-0.39, 0.29) is 5.91 Å². The predicted octanol–water partition coefficient (Wildman–Crippen LogP) is 0.954. The maximum atomic E-state index is 11.5. The third-order valence-corrected chi connectivity index (χ3v) is 3.49. The van der Waals surface area contributed by atoms with Crippen molar-refractivity contribution in [3.05, 3.63) is 0 Å². The first-order valence-corrected chi connectivity index (χ1v) is 5.05. The van der Waals surface area contributed by atoms with Gasteiger partial charge in [0.25, 0.3) is 0 Å². The highest BCUT2D eigenvalue weighted by Crippen LogP contribution is 2.50. The summed E-state index contributed by atoms with van der Waals surface area (Å²) in [6, 6.07) is 0. The monoisotopic (exact) mass is 195 g/mol. The van der Waals surface area contributed by atoms with Crippen LogP contribution < -0.4 is 5.32 Å². The largest absolute Gasteiger partial charge is 0.351 e. The van der Waals surface area contributed by atoms with Crippen LogP contribution in [0.25, 0.3) is 0 Å². The van der Waals surface area contributed by atoms with Crippen LogP contribution in [0.5, 0.6) is 0 Å². The Hall–Kier alpha value is -0.380. The fraction of sp³-hybridized carbons (Fsp3) is 0.833. The molecule has 5 nitrogen and oxygen atoms in total. The van der Waals surface area contributed by atoms with Gasteiger partial charge in [-0.2, -0.15) is 0 Å². The molecule has 12 heavy (non-hydrogen) atoms. The molecule has 0 saturated heterocycles. The van der Waals surface area contributed by atoms with E-state index in [0.717, 1.165) is 0 Å². The lowest BCUT2D eigenvalue weighted by Crippen LogP contribution is -2.31. The molecule has 0 aliphatic carbocycles. The lowest BCUT2D eigenvalue weighted by Gasteiger charge is -2.20. The molecule has 0 fully saturated rings. The van der Waals surface area contributed by atoms with E-state index in [1.165, 1.54) is 21.1 Å². The van der Waals surface area contributed by atoms with Crippen molar-refractivity contribution in [2.45, 2.75) is 19.6 Å². The van der Waals surface area contributed by atoms with Gasteiger partial charge in [-0.25, -0.2) is 0 Å². The third-order valence-electron chi connectivity index (χ3n) is 1.40. The zero-order valence-corrected chi connectivity index (χ0v) is 8.55. The van der Waals surface area contributed by atoms with E-state index >= 15 is 0 Å². The van der Waals surface area contributed by atoms with E-state index in [9.17, 15) is 9.36 Å². The van der Waals surface area contributed by atoms with Crippen molar-refractivity contribution in [2.24, 2.45) is 0 Å². The van der Waals surface area contributed by atoms with Gasteiger partial charge in [0.05, 0.1) is 0 Å².